The van der Waals surface area contributed by atoms with Crippen LogP contribution in [0, 0.1) is 0 Å². The number of carbonyl (C=O) groups excluding carboxylic acids is 2. The molecule has 2 atom stereocenters. The molecule has 8 nitrogen and oxygen atoms in total. The number of carboxylic acids is 1. The number of aliphatic carboxylic acids is 1. The third-order valence-corrected chi connectivity index (χ3v) is 6.29. The number of fused-ring (bicyclic) bond motifs is 3. The topological polar surface area (TPSA) is 116 Å². The van der Waals surface area contributed by atoms with Crippen molar-refractivity contribution < 1.29 is 29.3 Å². The number of hydrogen-bond donors (Lipinski definition) is 3. The fraction of sp³-hybridized carbons (Fsp3) is 0.400. The summed E-state index contributed by atoms with van der Waals surface area (Å²) in [6.07, 6.45) is -0.427. The van der Waals surface area contributed by atoms with Crippen LogP contribution in [0.5, 0.6) is 0 Å². The Balaban J connectivity index is 1.42. The van der Waals surface area contributed by atoms with Crippen molar-refractivity contribution >= 4 is 18.0 Å². The van der Waals surface area contributed by atoms with Crippen molar-refractivity contribution in [3.63, 3.8) is 0 Å². The molecular formula is C25H28N2O6. The second-order valence-electron chi connectivity index (χ2n) is 8.54. The van der Waals surface area contributed by atoms with Gasteiger partial charge in [-0.3, -0.25) is 9.59 Å². The maximum Gasteiger partial charge on any atom is 0.407 e. The molecule has 174 valence electrons. The van der Waals surface area contributed by atoms with Crippen molar-refractivity contribution in [1.82, 2.24) is 10.2 Å². The lowest BCUT2D eigenvalue weighted by atomic mass is 9.98. The number of ether oxygens (including phenoxy) is 1. The highest BCUT2D eigenvalue weighted by Crippen LogP contribution is 2.44. The quantitative estimate of drug-likeness (QED) is 0.595. The molecule has 33 heavy (non-hydrogen) atoms. The molecule has 8 heteroatoms. The van der Waals surface area contributed by atoms with Crippen LogP contribution in [0.1, 0.15) is 42.7 Å². The van der Waals surface area contributed by atoms with E-state index in [-0.39, 0.29) is 31.9 Å². The number of carboxylic acid groups (broad SMARTS) is 1. The van der Waals surface area contributed by atoms with Crippen LogP contribution in [0.25, 0.3) is 11.1 Å². The number of benzene rings is 2. The number of hydrogen-bond acceptors (Lipinski definition) is 5. The second-order valence-corrected chi connectivity index (χ2v) is 8.54. The Morgan fingerprint density at radius 1 is 1.06 bits per heavy atom. The average molecular weight is 453 g/mol. The predicted octanol–water partition coefficient (Wildman–Crippen LogP) is 2.74. The summed E-state index contributed by atoms with van der Waals surface area (Å²) in [5, 5.41) is 21.5. The standard InChI is InChI=1S/C25H28N2O6/c28-16-6-5-13-27(14-16)24(31)22(11-12-23(29)30)26-25(32)33-15-21-19-9-3-1-7-17(19)18-8-2-4-10-20(18)21/h1-4,7-10,16,21-22,28H,5-6,11-15H2,(H,26,32)(H,29,30). The average Bonchev–Trinajstić information content (AvgIpc) is 3.13. The van der Waals surface area contributed by atoms with E-state index in [0.29, 0.717) is 19.4 Å². The fourth-order valence-corrected chi connectivity index (χ4v) is 4.68. The first-order valence-electron chi connectivity index (χ1n) is 11.2. The van der Waals surface area contributed by atoms with Crippen molar-refractivity contribution in [2.45, 2.75) is 43.7 Å². The summed E-state index contributed by atoms with van der Waals surface area (Å²) in [5.74, 6) is -1.57. The molecule has 1 aliphatic carbocycles. The summed E-state index contributed by atoms with van der Waals surface area (Å²) >= 11 is 0. The van der Waals surface area contributed by atoms with Gasteiger partial charge in [-0.15, -0.1) is 0 Å². The lowest BCUT2D eigenvalue weighted by Gasteiger charge is -2.33. The number of likely N-dealkylation sites (tertiary alicyclic amines) is 1. The van der Waals surface area contributed by atoms with E-state index in [9.17, 15) is 19.5 Å². The van der Waals surface area contributed by atoms with E-state index in [4.69, 9.17) is 9.84 Å². The lowest BCUT2D eigenvalue weighted by Crippen LogP contribution is -2.52. The van der Waals surface area contributed by atoms with Crippen LogP contribution >= 0.6 is 0 Å². The first-order valence-corrected chi connectivity index (χ1v) is 11.2. The molecular weight excluding hydrogens is 424 g/mol. The minimum Gasteiger partial charge on any atom is -0.481 e. The van der Waals surface area contributed by atoms with Crippen molar-refractivity contribution in [2.24, 2.45) is 0 Å². The number of alkyl carbamates (subject to hydrolysis) is 1. The zero-order chi connectivity index (χ0) is 23.4. The Hall–Kier alpha value is -3.39. The monoisotopic (exact) mass is 452 g/mol. The number of amides is 2. The summed E-state index contributed by atoms with van der Waals surface area (Å²) in [4.78, 5) is 38.1. The zero-order valence-electron chi connectivity index (χ0n) is 18.3. The van der Waals surface area contributed by atoms with Gasteiger partial charge in [-0.25, -0.2) is 4.79 Å². The van der Waals surface area contributed by atoms with E-state index in [1.54, 1.807) is 0 Å². The largest absolute Gasteiger partial charge is 0.481 e. The SMILES string of the molecule is O=C(O)CCC(NC(=O)OCC1c2ccccc2-c2ccccc21)C(=O)N1CCCC(O)C1. The Morgan fingerprint density at radius 3 is 2.30 bits per heavy atom. The molecule has 2 aromatic rings. The van der Waals surface area contributed by atoms with Gasteiger partial charge in [-0.05, 0) is 41.5 Å². The smallest absolute Gasteiger partial charge is 0.407 e. The number of nitrogens with one attached hydrogen (secondary N) is 1. The summed E-state index contributed by atoms with van der Waals surface area (Å²) in [7, 11) is 0. The number of carbonyl (C=O) groups is 3. The lowest BCUT2D eigenvalue weighted by molar-refractivity contribution is -0.139. The molecule has 4 rings (SSSR count). The number of aliphatic hydroxyl groups excluding tert-OH is 1. The third-order valence-electron chi connectivity index (χ3n) is 6.29. The van der Waals surface area contributed by atoms with Gasteiger partial charge in [0.2, 0.25) is 5.91 Å². The molecule has 2 unspecified atom stereocenters. The van der Waals surface area contributed by atoms with E-state index < -0.39 is 30.1 Å². The first-order chi connectivity index (χ1) is 15.9. The van der Waals surface area contributed by atoms with Crippen LogP contribution in [-0.4, -0.2) is 64.9 Å². The molecule has 1 saturated heterocycles. The van der Waals surface area contributed by atoms with Crippen LogP contribution in [0.4, 0.5) is 4.79 Å². The molecule has 0 bridgehead atoms. The van der Waals surface area contributed by atoms with E-state index in [0.717, 1.165) is 22.3 Å². The van der Waals surface area contributed by atoms with Crippen LogP contribution in [-0.2, 0) is 14.3 Å². The minimum absolute atomic E-state index is 0.0506. The Labute approximate surface area is 192 Å². The van der Waals surface area contributed by atoms with E-state index in [1.807, 2.05) is 48.5 Å². The van der Waals surface area contributed by atoms with Gasteiger partial charge in [-0.2, -0.15) is 0 Å². The summed E-state index contributed by atoms with van der Waals surface area (Å²) < 4.78 is 5.52. The van der Waals surface area contributed by atoms with E-state index in [2.05, 4.69) is 5.32 Å². The van der Waals surface area contributed by atoms with Gasteiger partial charge in [-0.1, -0.05) is 48.5 Å². The van der Waals surface area contributed by atoms with Crippen LogP contribution < -0.4 is 5.32 Å². The van der Waals surface area contributed by atoms with E-state index in [1.165, 1.54) is 4.90 Å². The number of nitrogens with zero attached hydrogens (tertiary/aromatic N) is 1. The van der Waals surface area contributed by atoms with E-state index >= 15 is 0 Å². The minimum atomic E-state index is -1.05. The Morgan fingerprint density at radius 2 is 1.70 bits per heavy atom. The van der Waals surface area contributed by atoms with Crippen molar-refractivity contribution in [2.75, 3.05) is 19.7 Å². The first kappa shape index (κ1) is 22.8. The normalized spacial score (nSPS) is 18.2. The Bertz CT molecular complexity index is 994. The number of piperidine rings is 1. The van der Waals surface area contributed by atoms with Crippen LogP contribution in [0.3, 0.4) is 0 Å². The number of β-amino-alcohol motifs (C(OH)–C–C–N with tert-alkyl or cyclic N) is 1. The summed E-state index contributed by atoms with van der Waals surface area (Å²) in [5.41, 5.74) is 4.38. The molecule has 2 amide bonds. The Kier molecular flexibility index (Phi) is 6.93. The van der Waals surface area contributed by atoms with Gasteiger partial charge in [0.05, 0.1) is 6.10 Å². The molecule has 2 aliphatic rings. The third kappa shape index (κ3) is 5.17. The predicted molar refractivity (Wildman–Crippen MR) is 121 cm³/mol. The highest BCUT2D eigenvalue weighted by atomic mass is 16.5. The number of aliphatic hydroxyl groups is 1. The summed E-state index contributed by atoms with van der Waals surface area (Å²) in [6.45, 7) is 0.739. The highest BCUT2D eigenvalue weighted by Gasteiger charge is 2.32. The molecule has 2 aromatic carbocycles. The van der Waals surface area contributed by atoms with Gasteiger partial charge < -0.3 is 25.2 Å². The molecule has 0 saturated carbocycles. The van der Waals surface area contributed by atoms with Gasteiger partial charge in [0.1, 0.15) is 12.6 Å². The van der Waals surface area contributed by atoms with Crippen molar-refractivity contribution in [3.05, 3.63) is 59.7 Å². The van der Waals surface area contributed by atoms with Crippen LogP contribution in [0.15, 0.2) is 48.5 Å². The van der Waals surface area contributed by atoms with Gasteiger partial charge in [0.15, 0.2) is 0 Å². The maximum atomic E-state index is 12.9. The molecule has 0 aromatic heterocycles. The molecule has 0 radical (unpaired) electrons. The van der Waals surface area contributed by atoms with Crippen molar-refractivity contribution in [3.8, 4) is 11.1 Å². The number of rotatable bonds is 7. The second kappa shape index (κ2) is 10.0. The zero-order valence-corrected chi connectivity index (χ0v) is 18.3. The molecule has 1 fully saturated rings. The molecule has 1 heterocycles. The molecule has 0 spiro atoms. The fourth-order valence-electron chi connectivity index (χ4n) is 4.68. The van der Waals surface area contributed by atoms with Gasteiger partial charge >= 0.3 is 12.1 Å². The van der Waals surface area contributed by atoms with Crippen molar-refractivity contribution in [1.29, 1.82) is 0 Å². The van der Waals surface area contributed by atoms with Crippen LogP contribution in [0.2, 0.25) is 0 Å². The highest BCUT2D eigenvalue weighted by molar-refractivity contribution is 5.86. The molecule has 3 N–H and O–H groups in total. The van der Waals surface area contributed by atoms with Gasteiger partial charge in [0.25, 0.3) is 0 Å². The maximum absolute atomic E-state index is 12.9. The van der Waals surface area contributed by atoms with Gasteiger partial charge in [0, 0.05) is 25.4 Å². The molecule has 1 aliphatic heterocycles. The summed E-state index contributed by atoms with van der Waals surface area (Å²) in [6, 6.07) is 14.9.